The summed E-state index contributed by atoms with van der Waals surface area (Å²) < 4.78 is 67.8. The van der Waals surface area contributed by atoms with Gasteiger partial charge in [-0.2, -0.15) is 27.1 Å². The van der Waals surface area contributed by atoms with Crippen molar-refractivity contribution < 1.29 is 22.0 Å². The van der Waals surface area contributed by atoms with E-state index in [0.29, 0.717) is 5.56 Å². The Labute approximate surface area is 199 Å². The third-order valence-electron chi connectivity index (χ3n) is 5.72. The van der Waals surface area contributed by atoms with Crippen LogP contribution in [0.1, 0.15) is 18.0 Å². The number of benzene rings is 3. The van der Waals surface area contributed by atoms with Crippen LogP contribution in [0, 0.1) is 0 Å². The SMILES string of the molecule is CN(C)c1ccc(-c2cccc(C3CC(C(F)(F)C(F)(F)F)=NN3c3ccccc3Cl)c2)cc1. The summed E-state index contributed by atoms with van der Waals surface area (Å²) in [6.07, 6.45) is -6.34. The number of halogens is 6. The monoisotopic (exact) mass is 493 g/mol. The van der Waals surface area contributed by atoms with Crippen molar-refractivity contribution in [3.63, 3.8) is 0 Å². The topological polar surface area (TPSA) is 18.8 Å². The summed E-state index contributed by atoms with van der Waals surface area (Å²) in [4.78, 5) is 1.96. The van der Waals surface area contributed by atoms with Crippen molar-refractivity contribution in [2.45, 2.75) is 24.6 Å². The second-order valence-corrected chi connectivity index (χ2v) is 8.61. The van der Waals surface area contributed by atoms with E-state index < -0.39 is 30.3 Å². The lowest BCUT2D eigenvalue weighted by atomic mass is 9.95. The third kappa shape index (κ3) is 4.46. The van der Waals surface area contributed by atoms with E-state index in [4.69, 9.17) is 11.6 Å². The van der Waals surface area contributed by atoms with Crippen LogP contribution in [0.4, 0.5) is 33.3 Å². The van der Waals surface area contributed by atoms with Crippen molar-refractivity contribution in [2.24, 2.45) is 5.10 Å². The third-order valence-corrected chi connectivity index (χ3v) is 6.04. The highest BCUT2D eigenvalue weighted by Crippen LogP contribution is 2.46. The summed E-state index contributed by atoms with van der Waals surface area (Å²) >= 11 is 6.25. The van der Waals surface area contributed by atoms with Crippen LogP contribution >= 0.6 is 11.6 Å². The minimum atomic E-state index is -5.75. The maximum Gasteiger partial charge on any atom is 0.459 e. The zero-order chi connectivity index (χ0) is 24.7. The van der Waals surface area contributed by atoms with Gasteiger partial charge < -0.3 is 4.90 Å². The Morgan fingerprint density at radius 1 is 0.882 bits per heavy atom. The molecule has 0 fully saturated rings. The Balaban J connectivity index is 1.75. The molecule has 4 rings (SSSR count). The number of rotatable bonds is 5. The van der Waals surface area contributed by atoms with Gasteiger partial charge in [-0.25, -0.2) is 0 Å². The minimum absolute atomic E-state index is 0.197. The van der Waals surface area contributed by atoms with Crippen LogP contribution in [0.5, 0.6) is 0 Å². The molecule has 3 aromatic carbocycles. The standard InChI is InChI=1S/C25H21ClF5N3/c1-33(2)19-12-10-16(11-13-19)17-6-5-7-18(14-17)22-15-23(24(27,28)25(29,30)31)32-34(22)21-9-4-3-8-20(21)26/h3-14,22H,15H2,1-2H3. The summed E-state index contributed by atoms with van der Waals surface area (Å²) in [6, 6.07) is 20.3. The van der Waals surface area contributed by atoms with E-state index >= 15 is 0 Å². The lowest BCUT2D eigenvalue weighted by Crippen LogP contribution is -2.43. The molecule has 0 amide bonds. The largest absolute Gasteiger partial charge is 0.459 e. The fraction of sp³-hybridized carbons (Fsp3) is 0.240. The molecule has 1 heterocycles. The Hall–Kier alpha value is -3.13. The highest BCUT2D eigenvalue weighted by Gasteiger charge is 2.62. The molecule has 0 bridgehead atoms. The number of para-hydroxylation sites is 1. The molecule has 0 aliphatic carbocycles. The molecule has 0 radical (unpaired) electrons. The molecular weight excluding hydrogens is 473 g/mol. The maximum atomic E-state index is 14.2. The number of hydrazone groups is 1. The van der Waals surface area contributed by atoms with Crippen molar-refractivity contribution in [2.75, 3.05) is 24.0 Å². The molecule has 0 saturated carbocycles. The lowest BCUT2D eigenvalue weighted by molar-refractivity contribution is -0.249. The molecule has 34 heavy (non-hydrogen) atoms. The van der Waals surface area contributed by atoms with E-state index in [0.717, 1.165) is 21.8 Å². The average Bonchev–Trinajstić information content (AvgIpc) is 3.25. The van der Waals surface area contributed by atoms with Crippen LogP contribution in [0.15, 0.2) is 77.9 Å². The summed E-state index contributed by atoms with van der Waals surface area (Å²) in [6.45, 7) is 0. The molecule has 1 aliphatic heterocycles. The van der Waals surface area contributed by atoms with E-state index in [1.165, 1.54) is 12.1 Å². The highest BCUT2D eigenvalue weighted by molar-refractivity contribution is 6.33. The fourth-order valence-electron chi connectivity index (χ4n) is 3.86. The summed E-state index contributed by atoms with van der Waals surface area (Å²) in [5.41, 5.74) is 2.25. The highest BCUT2D eigenvalue weighted by atomic mass is 35.5. The smallest absolute Gasteiger partial charge is 0.378 e. The number of alkyl halides is 5. The Morgan fingerprint density at radius 2 is 1.56 bits per heavy atom. The minimum Gasteiger partial charge on any atom is -0.378 e. The van der Waals surface area contributed by atoms with E-state index in [1.807, 2.05) is 49.3 Å². The normalized spacial score (nSPS) is 16.5. The molecular formula is C25H21ClF5N3. The van der Waals surface area contributed by atoms with Crippen molar-refractivity contribution in [1.82, 2.24) is 0 Å². The van der Waals surface area contributed by atoms with Crippen LogP contribution in [-0.4, -0.2) is 31.9 Å². The number of hydrogen-bond acceptors (Lipinski definition) is 3. The van der Waals surface area contributed by atoms with Gasteiger partial charge in [0.2, 0.25) is 0 Å². The Kier molecular flexibility index (Phi) is 6.29. The van der Waals surface area contributed by atoms with Crippen molar-refractivity contribution in [3.8, 4) is 11.1 Å². The molecule has 3 nitrogen and oxygen atoms in total. The van der Waals surface area contributed by atoms with Gasteiger partial charge in [-0.15, -0.1) is 0 Å². The molecule has 0 N–H and O–H groups in total. The van der Waals surface area contributed by atoms with Gasteiger partial charge in [-0.1, -0.05) is 54.1 Å². The van der Waals surface area contributed by atoms with Crippen LogP contribution in [-0.2, 0) is 0 Å². The molecule has 1 aliphatic rings. The van der Waals surface area contributed by atoms with Crippen LogP contribution < -0.4 is 9.91 Å². The first-order chi connectivity index (χ1) is 16.0. The first kappa shape index (κ1) is 24.0. The van der Waals surface area contributed by atoms with Crippen molar-refractivity contribution >= 4 is 28.7 Å². The van der Waals surface area contributed by atoms with Crippen LogP contribution in [0.3, 0.4) is 0 Å². The molecule has 9 heteroatoms. The van der Waals surface area contributed by atoms with Gasteiger partial charge in [-0.05, 0) is 47.0 Å². The summed E-state index contributed by atoms with van der Waals surface area (Å²) in [7, 11) is 3.85. The van der Waals surface area contributed by atoms with Crippen LogP contribution in [0.2, 0.25) is 5.02 Å². The Bertz CT molecular complexity index is 1210. The van der Waals surface area contributed by atoms with E-state index in [1.54, 1.807) is 30.3 Å². The molecule has 0 aromatic heterocycles. The maximum absolute atomic E-state index is 14.2. The van der Waals surface area contributed by atoms with Crippen LogP contribution in [0.25, 0.3) is 11.1 Å². The van der Waals surface area contributed by atoms with Gasteiger partial charge in [0.15, 0.2) is 0 Å². The number of hydrogen-bond donors (Lipinski definition) is 0. The molecule has 3 aromatic rings. The molecule has 178 valence electrons. The molecule has 0 spiro atoms. The fourth-order valence-corrected chi connectivity index (χ4v) is 4.08. The van der Waals surface area contributed by atoms with Crippen molar-refractivity contribution in [3.05, 3.63) is 83.4 Å². The quantitative estimate of drug-likeness (QED) is 0.341. The van der Waals surface area contributed by atoms with Gasteiger partial charge in [0.05, 0.1) is 16.8 Å². The average molecular weight is 494 g/mol. The molecule has 1 unspecified atom stereocenters. The van der Waals surface area contributed by atoms with Crippen molar-refractivity contribution in [1.29, 1.82) is 0 Å². The summed E-state index contributed by atoms with van der Waals surface area (Å²) in [5.74, 6) is -5.05. The first-order valence-electron chi connectivity index (χ1n) is 10.4. The predicted molar refractivity (Wildman–Crippen MR) is 126 cm³/mol. The predicted octanol–water partition coefficient (Wildman–Crippen LogP) is 7.58. The molecule has 0 saturated heterocycles. The second kappa shape index (κ2) is 8.91. The van der Waals surface area contributed by atoms with E-state index in [9.17, 15) is 22.0 Å². The van der Waals surface area contributed by atoms with Gasteiger partial charge in [-0.3, -0.25) is 5.01 Å². The summed E-state index contributed by atoms with van der Waals surface area (Å²) in [5, 5.41) is 5.09. The number of anilines is 2. The van der Waals surface area contributed by atoms with Gasteiger partial charge in [0, 0.05) is 26.2 Å². The van der Waals surface area contributed by atoms with E-state index in [-0.39, 0.29) is 10.7 Å². The molecule has 1 atom stereocenters. The Morgan fingerprint density at radius 3 is 2.18 bits per heavy atom. The van der Waals surface area contributed by atoms with Gasteiger partial charge >= 0.3 is 12.1 Å². The second-order valence-electron chi connectivity index (χ2n) is 8.20. The van der Waals surface area contributed by atoms with E-state index in [2.05, 4.69) is 5.10 Å². The first-order valence-corrected chi connectivity index (χ1v) is 10.8. The zero-order valence-corrected chi connectivity index (χ0v) is 19.1. The van der Waals surface area contributed by atoms with Gasteiger partial charge in [0.25, 0.3) is 0 Å². The zero-order valence-electron chi connectivity index (χ0n) is 18.3. The number of nitrogens with zero attached hydrogens (tertiary/aromatic N) is 3. The lowest BCUT2D eigenvalue weighted by Gasteiger charge is -2.25. The van der Waals surface area contributed by atoms with Gasteiger partial charge in [0.1, 0.15) is 5.71 Å².